The maximum Gasteiger partial charge on any atom is 0.272 e. The van der Waals surface area contributed by atoms with Gasteiger partial charge < -0.3 is 5.11 Å². The van der Waals surface area contributed by atoms with Crippen molar-refractivity contribution in [2.75, 3.05) is 0 Å². The number of pyridine rings is 1. The number of carbonyl (C=O) groups excluding carboxylic acids is 1. The second-order valence-electron chi connectivity index (χ2n) is 4.21. The first-order valence-electron chi connectivity index (χ1n) is 5.91. The van der Waals surface area contributed by atoms with E-state index in [4.69, 9.17) is 11.6 Å². The summed E-state index contributed by atoms with van der Waals surface area (Å²) in [5.41, 5.74) is 3.96. The van der Waals surface area contributed by atoms with Crippen LogP contribution in [0, 0.1) is 6.92 Å². The number of halogens is 2. The van der Waals surface area contributed by atoms with E-state index in [1.54, 1.807) is 24.3 Å². The third-order valence-corrected chi connectivity index (χ3v) is 3.35. The molecule has 1 aromatic heterocycles. The van der Waals surface area contributed by atoms with Crippen LogP contribution in [0.2, 0.25) is 5.02 Å². The molecule has 0 aliphatic rings. The fourth-order valence-electron chi connectivity index (χ4n) is 1.51. The van der Waals surface area contributed by atoms with E-state index in [1.165, 1.54) is 12.4 Å². The molecule has 1 aromatic carbocycles. The minimum atomic E-state index is -0.390. The number of amides is 1. The lowest BCUT2D eigenvalue weighted by Crippen LogP contribution is -2.17. The van der Waals surface area contributed by atoms with Gasteiger partial charge in [-0.25, -0.2) is 5.43 Å². The molecule has 0 fully saturated rings. The Kier molecular flexibility index (Phi) is 4.93. The van der Waals surface area contributed by atoms with E-state index < -0.39 is 0 Å². The lowest BCUT2D eigenvalue weighted by atomic mass is 10.2. The first-order valence-corrected chi connectivity index (χ1v) is 7.08. The van der Waals surface area contributed by atoms with E-state index in [2.05, 4.69) is 31.4 Å². The molecule has 108 valence electrons. The van der Waals surface area contributed by atoms with Gasteiger partial charge in [0.25, 0.3) is 5.91 Å². The number of aryl methyl sites for hydroxylation is 1. The molecule has 0 unspecified atom stereocenters. The van der Waals surface area contributed by atoms with Crippen LogP contribution in [0.5, 0.6) is 5.75 Å². The zero-order valence-corrected chi connectivity index (χ0v) is 13.3. The zero-order valence-electron chi connectivity index (χ0n) is 11.0. The number of aromatic hydroxyl groups is 1. The maximum atomic E-state index is 11.8. The number of aromatic nitrogens is 1. The van der Waals surface area contributed by atoms with Crippen molar-refractivity contribution in [3.8, 4) is 5.75 Å². The van der Waals surface area contributed by atoms with Crippen LogP contribution in [0.1, 0.15) is 21.6 Å². The lowest BCUT2D eigenvalue weighted by molar-refractivity contribution is 0.0954. The van der Waals surface area contributed by atoms with Crippen molar-refractivity contribution in [3.05, 3.63) is 56.8 Å². The van der Waals surface area contributed by atoms with Gasteiger partial charge in [-0.1, -0.05) is 27.5 Å². The van der Waals surface area contributed by atoms with E-state index in [-0.39, 0.29) is 16.7 Å². The topological polar surface area (TPSA) is 74.6 Å². The summed E-state index contributed by atoms with van der Waals surface area (Å²) in [6.45, 7) is 1.83. The molecule has 7 heteroatoms. The van der Waals surface area contributed by atoms with Gasteiger partial charge in [-0.2, -0.15) is 5.10 Å². The van der Waals surface area contributed by atoms with E-state index in [1.807, 2.05) is 6.92 Å². The van der Waals surface area contributed by atoms with Gasteiger partial charge in [0.2, 0.25) is 0 Å². The first-order chi connectivity index (χ1) is 9.97. The Labute approximate surface area is 134 Å². The maximum absolute atomic E-state index is 11.8. The van der Waals surface area contributed by atoms with Crippen LogP contribution >= 0.6 is 27.5 Å². The number of rotatable bonds is 3. The normalized spacial score (nSPS) is 10.8. The van der Waals surface area contributed by atoms with Crippen LogP contribution in [0.3, 0.4) is 0 Å². The summed E-state index contributed by atoms with van der Waals surface area (Å²) in [4.78, 5) is 15.8. The molecule has 0 aliphatic heterocycles. The van der Waals surface area contributed by atoms with Gasteiger partial charge in [-0.15, -0.1) is 0 Å². The molecule has 0 radical (unpaired) electrons. The third kappa shape index (κ3) is 4.03. The summed E-state index contributed by atoms with van der Waals surface area (Å²) in [5.74, 6) is -0.491. The van der Waals surface area contributed by atoms with Crippen LogP contribution in [0.25, 0.3) is 0 Å². The van der Waals surface area contributed by atoms with Crippen molar-refractivity contribution >= 4 is 39.7 Å². The molecule has 0 saturated heterocycles. The minimum absolute atomic E-state index is 0.102. The molecule has 0 saturated carbocycles. The number of nitrogens with one attached hydrogen (secondary N) is 1. The fraction of sp³-hybridized carbons (Fsp3) is 0.0714. The lowest BCUT2D eigenvalue weighted by Gasteiger charge is -2.03. The molecule has 0 aliphatic carbocycles. The Morgan fingerprint density at radius 3 is 2.90 bits per heavy atom. The molecule has 1 amide bonds. The average molecular weight is 369 g/mol. The summed E-state index contributed by atoms with van der Waals surface area (Å²) >= 11 is 9.09. The van der Waals surface area contributed by atoms with Crippen LogP contribution < -0.4 is 5.43 Å². The third-order valence-electron chi connectivity index (χ3n) is 2.60. The van der Waals surface area contributed by atoms with E-state index >= 15 is 0 Å². The van der Waals surface area contributed by atoms with E-state index in [0.717, 1.165) is 5.69 Å². The van der Waals surface area contributed by atoms with Crippen molar-refractivity contribution in [1.29, 1.82) is 0 Å². The molecule has 2 aromatic rings. The molecule has 5 nitrogen and oxygen atoms in total. The van der Waals surface area contributed by atoms with Crippen molar-refractivity contribution in [1.82, 2.24) is 10.4 Å². The standard InChI is InChI=1S/C14H11BrClN3O2/c1-8-2-3-9(6-17-8)14(21)19-18-7-10-4-11(15)5-12(16)13(10)20/h2-7,20H,1H3,(H,19,21). The number of phenolic OH excluding ortho intramolecular Hbond substituents is 1. The largest absolute Gasteiger partial charge is 0.506 e. The molecule has 21 heavy (non-hydrogen) atoms. The summed E-state index contributed by atoms with van der Waals surface area (Å²) in [6, 6.07) is 6.58. The monoisotopic (exact) mass is 367 g/mol. The summed E-state index contributed by atoms with van der Waals surface area (Å²) in [6.07, 6.45) is 2.78. The minimum Gasteiger partial charge on any atom is -0.506 e. The van der Waals surface area contributed by atoms with E-state index in [0.29, 0.717) is 15.6 Å². The number of hydrogen-bond donors (Lipinski definition) is 2. The van der Waals surface area contributed by atoms with Gasteiger partial charge in [0.05, 0.1) is 16.8 Å². The van der Waals surface area contributed by atoms with Crippen molar-refractivity contribution < 1.29 is 9.90 Å². The van der Waals surface area contributed by atoms with Gasteiger partial charge in [0.15, 0.2) is 0 Å². The smallest absolute Gasteiger partial charge is 0.272 e. The van der Waals surface area contributed by atoms with Crippen LogP contribution in [0.15, 0.2) is 40.0 Å². The summed E-state index contributed by atoms with van der Waals surface area (Å²) in [7, 11) is 0. The Morgan fingerprint density at radius 2 is 2.24 bits per heavy atom. The van der Waals surface area contributed by atoms with Crippen molar-refractivity contribution in [2.45, 2.75) is 6.92 Å². The van der Waals surface area contributed by atoms with Gasteiger partial charge in [-0.3, -0.25) is 9.78 Å². The molecular weight excluding hydrogens is 358 g/mol. The number of hydrazone groups is 1. The summed E-state index contributed by atoms with van der Waals surface area (Å²) < 4.78 is 0.695. The highest BCUT2D eigenvalue weighted by Gasteiger charge is 2.07. The Hall–Kier alpha value is -1.92. The van der Waals surface area contributed by atoms with Gasteiger partial charge >= 0.3 is 0 Å². The predicted molar refractivity (Wildman–Crippen MR) is 84.9 cm³/mol. The molecular formula is C14H11BrClN3O2. The van der Waals surface area contributed by atoms with Gasteiger partial charge in [0.1, 0.15) is 5.75 Å². The number of hydrogen-bond acceptors (Lipinski definition) is 4. The highest BCUT2D eigenvalue weighted by molar-refractivity contribution is 9.10. The number of benzene rings is 1. The van der Waals surface area contributed by atoms with Crippen LogP contribution in [-0.4, -0.2) is 22.2 Å². The molecule has 1 heterocycles. The summed E-state index contributed by atoms with van der Waals surface area (Å²) in [5, 5.41) is 13.8. The SMILES string of the molecule is Cc1ccc(C(=O)NN=Cc2cc(Br)cc(Cl)c2O)cn1. The first kappa shape index (κ1) is 15.5. The van der Waals surface area contributed by atoms with Crippen LogP contribution in [0.4, 0.5) is 0 Å². The second kappa shape index (κ2) is 6.69. The highest BCUT2D eigenvalue weighted by Crippen LogP contribution is 2.30. The Bertz CT molecular complexity index is 702. The second-order valence-corrected chi connectivity index (χ2v) is 5.54. The zero-order chi connectivity index (χ0) is 15.4. The van der Waals surface area contributed by atoms with Crippen molar-refractivity contribution in [3.63, 3.8) is 0 Å². The average Bonchev–Trinajstić information content (AvgIpc) is 2.44. The Morgan fingerprint density at radius 1 is 1.48 bits per heavy atom. The molecule has 2 rings (SSSR count). The molecule has 2 N–H and O–H groups in total. The highest BCUT2D eigenvalue weighted by atomic mass is 79.9. The van der Waals surface area contributed by atoms with Gasteiger partial charge in [-0.05, 0) is 31.2 Å². The number of nitrogens with zero attached hydrogens (tertiary/aromatic N) is 2. The number of phenols is 1. The molecule has 0 bridgehead atoms. The van der Waals surface area contributed by atoms with Crippen molar-refractivity contribution in [2.24, 2.45) is 5.10 Å². The predicted octanol–water partition coefficient (Wildman–Crippen LogP) is 3.28. The van der Waals surface area contributed by atoms with Crippen LogP contribution in [-0.2, 0) is 0 Å². The fourth-order valence-corrected chi connectivity index (χ4v) is 2.35. The number of carbonyl (C=O) groups is 1. The Balaban J connectivity index is 2.09. The quantitative estimate of drug-likeness (QED) is 0.645. The molecule has 0 spiro atoms. The van der Waals surface area contributed by atoms with E-state index in [9.17, 15) is 9.90 Å². The van der Waals surface area contributed by atoms with Gasteiger partial charge in [0, 0.05) is 21.9 Å². The molecule has 0 atom stereocenters.